The van der Waals surface area contributed by atoms with Crippen LogP contribution in [0.2, 0.25) is 0 Å². The van der Waals surface area contributed by atoms with E-state index in [0.29, 0.717) is 6.54 Å². The summed E-state index contributed by atoms with van der Waals surface area (Å²) in [6, 6.07) is -2.08. The molecule has 0 aromatic heterocycles. The predicted molar refractivity (Wildman–Crippen MR) is 74.9 cm³/mol. The van der Waals surface area contributed by atoms with E-state index in [-0.39, 0.29) is 0 Å². The number of imide groups is 1. The van der Waals surface area contributed by atoms with E-state index < -0.39 is 51.7 Å². The zero-order valence-electron chi connectivity index (χ0n) is 12.0. The molecule has 0 heterocycles. The molecular weight excluding hydrogens is 302 g/mol. The molecule has 21 heavy (non-hydrogen) atoms. The molecule has 0 fully saturated rings. The lowest BCUT2D eigenvalue weighted by Gasteiger charge is -2.16. The van der Waals surface area contributed by atoms with Crippen molar-refractivity contribution in [2.75, 3.05) is 12.3 Å². The van der Waals surface area contributed by atoms with Crippen LogP contribution in [-0.2, 0) is 25.2 Å². The number of aliphatic carboxylic acids is 1. The summed E-state index contributed by atoms with van der Waals surface area (Å²) in [5.41, 5.74) is 0. The van der Waals surface area contributed by atoms with Crippen LogP contribution in [0.15, 0.2) is 0 Å². The highest BCUT2D eigenvalue weighted by Crippen LogP contribution is 2.00. The Bertz CT molecular complexity index is 453. The van der Waals surface area contributed by atoms with Gasteiger partial charge in [-0.2, -0.15) is 0 Å². The number of urea groups is 1. The van der Waals surface area contributed by atoms with Gasteiger partial charge in [0.15, 0.2) is 0 Å². The van der Waals surface area contributed by atoms with Crippen molar-refractivity contribution in [1.29, 1.82) is 0 Å². The molecule has 0 spiro atoms. The SMILES string of the molecule is CCNC(=O)NC(=O)C(C)S(=O)C[C@H](NC(C)=O)C(=O)O. The molecule has 0 saturated carbocycles. The third-order valence-corrected chi connectivity index (χ3v) is 4.01. The molecule has 9 nitrogen and oxygen atoms in total. The van der Waals surface area contributed by atoms with Gasteiger partial charge in [0.25, 0.3) is 0 Å². The molecule has 0 bridgehead atoms. The van der Waals surface area contributed by atoms with Crippen LogP contribution in [0.25, 0.3) is 0 Å². The maximum Gasteiger partial charge on any atom is 0.327 e. The standard InChI is InChI=1S/C11H19N3O6S/c1-4-12-11(19)14-9(16)6(2)21(20)5-8(10(17)18)13-7(3)15/h6,8H,4-5H2,1-3H3,(H,13,15)(H,17,18)(H2,12,14,16,19)/t6?,8-,21?/m0/s1. The van der Waals surface area contributed by atoms with Crippen LogP contribution in [-0.4, -0.2) is 56.7 Å². The Morgan fingerprint density at radius 2 is 1.81 bits per heavy atom. The summed E-state index contributed by atoms with van der Waals surface area (Å²) in [5, 5.41) is 14.2. The first kappa shape index (κ1) is 19.0. The number of nitrogens with one attached hydrogen (secondary N) is 3. The molecule has 4 amide bonds. The lowest BCUT2D eigenvalue weighted by molar-refractivity contribution is -0.140. The van der Waals surface area contributed by atoms with Crippen molar-refractivity contribution < 1.29 is 28.5 Å². The third kappa shape index (κ3) is 7.40. The molecule has 0 aliphatic rings. The maximum absolute atomic E-state index is 11.9. The minimum Gasteiger partial charge on any atom is -0.480 e. The Morgan fingerprint density at radius 3 is 2.24 bits per heavy atom. The molecule has 0 aromatic rings. The van der Waals surface area contributed by atoms with Gasteiger partial charge >= 0.3 is 12.0 Å². The lowest BCUT2D eigenvalue weighted by Crippen LogP contribution is -2.48. The molecule has 120 valence electrons. The number of amides is 4. The summed E-state index contributed by atoms with van der Waals surface area (Å²) >= 11 is 0. The molecule has 0 aromatic carbocycles. The van der Waals surface area contributed by atoms with Gasteiger partial charge in [0.1, 0.15) is 11.3 Å². The second kappa shape index (κ2) is 9.06. The molecule has 0 saturated heterocycles. The lowest BCUT2D eigenvalue weighted by atomic mass is 10.3. The van der Waals surface area contributed by atoms with E-state index >= 15 is 0 Å². The normalized spacial score (nSPS) is 14.4. The molecular formula is C11H19N3O6S. The quantitative estimate of drug-likeness (QED) is 0.452. The van der Waals surface area contributed by atoms with E-state index in [1.54, 1.807) is 6.92 Å². The maximum atomic E-state index is 11.9. The monoisotopic (exact) mass is 321 g/mol. The average molecular weight is 321 g/mol. The zero-order chi connectivity index (χ0) is 16.6. The van der Waals surface area contributed by atoms with E-state index in [1.807, 2.05) is 5.32 Å². The van der Waals surface area contributed by atoms with Gasteiger partial charge in [0, 0.05) is 24.3 Å². The number of hydrogen-bond acceptors (Lipinski definition) is 5. The molecule has 0 radical (unpaired) electrons. The summed E-state index contributed by atoms with van der Waals surface area (Å²) in [4.78, 5) is 44.6. The molecule has 3 atom stereocenters. The van der Waals surface area contributed by atoms with Crippen LogP contribution in [0.1, 0.15) is 20.8 Å². The number of carbonyl (C=O) groups is 4. The molecule has 2 unspecified atom stereocenters. The summed E-state index contributed by atoms with van der Waals surface area (Å²) < 4.78 is 11.9. The first-order valence-corrected chi connectivity index (χ1v) is 7.53. The molecule has 4 N–H and O–H groups in total. The highest BCUT2D eigenvalue weighted by Gasteiger charge is 2.27. The van der Waals surface area contributed by atoms with Crippen molar-refractivity contribution in [3.05, 3.63) is 0 Å². The van der Waals surface area contributed by atoms with Gasteiger partial charge in [-0.3, -0.25) is 19.1 Å². The summed E-state index contributed by atoms with van der Waals surface area (Å²) in [6.45, 7) is 4.41. The Labute approximate surface area is 124 Å². The Hall–Kier alpha value is -1.97. The second-order valence-corrected chi connectivity index (χ2v) is 5.93. The van der Waals surface area contributed by atoms with Crippen molar-refractivity contribution in [1.82, 2.24) is 16.0 Å². The van der Waals surface area contributed by atoms with E-state index in [9.17, 15) is 23.4 Å². The van der Waals surface area contributed by atoms with Gasteiger partial charge in [0.05, 0.1) is 5.75 Å². The molecule has 0 aliphatic heterocycles. The van der Waals surface area contributed by atoms with Crippen molar-refractivity contribution in [2.45, 2.75) is 32.1 Å². The summed E-state index contributed by atoms with van der Waals surface area (Å²) in [5.74, 6) is -3.15. The number of carboxylic acid groups (broad SMARTS) is 1. The fraction of sp³-hybridized carbons (Fsp3) is 0.636. The number of rotatable bonds is 7. The van der Waals surface area contributed by atoms with E-state index in [1.165, 1.54) is 6.92 Å². The fourth-order valence-corrected chi connectivity index (χ4v) is 2.41. The minimum absolute atomic E-state index is 0.320. The van der Waals surface area contributed by atoms with E-state index in [2.05, 4.69) is 10.6 Å². The van der Waals surface area contributed by atoms with Gasteiger partial charge in [-0.1, -0.05) is 0 Å². The fourth-order valence-electron chi connectivity index (χ4n) is 1.27. The third-order valence-electron chi connectivity index (χ3n) is 2.34. The molecule has 0 aliphatic carbocycles. The van der Waals surface area contributed by atoms with E-state index in [4.69, 9.17) is 5.11 Å². The summed E-state index contributed by atoms with van der Waals surface area (Å²) in [7, 11) is -1.87. The van der Waals surface area contributed by atoms with Crippen LogP contribution in [0.3, 0.4) is 0 Å². The van der Waals surface area contributed by atoms with Crippen molar-refractivity contribution in [3.8, 4) is 0 Å². The number of carbonyl (C=O) groups excluding carboxylic acids is 3. The van der Waals surface area contributed by atoms with Crippen molar-refractivity contribution in [2.24, 2.45) is 0 Å². The van der Waals surface area contributed by atoms with Gasteiger partial charge in [0.2, 0.25) is 11.8 Å². The van der Waals surface area contributed by atoms with Crippen LogP contribution in [0.4, 0.5) is 4.79 Å². The highest BCUT2D eigenvalue weighted by molar-refractivity contribution is 7.86. The van der Waals surface area contributed by atoms with Gasteiger partial charge in [-0.15, -0.1) is 0 Å². The van der Waals surface area contributed by atoms with Crippen LogP contribution in [0.5, 0.6) is 0 Å². The number of carboxylic acids is 1. The van der Waals surface area contributed by atoms with Gasteiger partial charge < -0.3 is 15.7 Å². The van der Waals surface area contributed by atoms with Crippen molar-refractivity contribution >= 4 is 34.6 Å². The average Bonchev–Trinajstić information content (AvgIpc) is 2.36. The van der Waals surface area contributed by atoms with E-state index in [0.717, 1.165) is 6.92 Å². The summed E-state index contributed by atoms with van der Waals surface area (Å²) in [6.07, 6.45) is 0. The molecule has 10 heteroatoms. The predicted octanol–water partition coefficient (Wildman–Crippen LogP) is -1.44. The topological polar surface area (TPSA) is 142 Å². The van der Waals surface area contributed by atoms with Crippen LogP contribution >= 0.6 is 0 Å². The van der Waals surface area contributed by atoms with Gasteiger partial charge in [-0.05, 0) is 13.8 Å². The Kier molecular flexibility index (Phi) is 8.21. The largest absolute Gasteiger partial charge is 0.480 e. The first-order chi connectivity index (χ1) is 9.68. The Morgan fingerprint density at radius 1 is 1.24 bits per heavy atom. The smallest absolute Gasteiger partial charge is 0.327 e. The Balaban J connectivity index is 4.61. The van der Waals surface area contributed by atoms with Crippen molar-refractivity contribution in [3.63, 3.8) is 0 Å². The number of hydrogen-bond donors (Lipinski definition) is 4. The van der Waals surface area contributed by atoms with Crippen LogP contribution < -0.4 is 16.0 Å². The highest BCUT2D eigenvalue weighted by atomic mass is 32.2. The van der Waals surface area contributed by atoms with Gasteiger partial charge in [-0.25, -0.2) is 9.59 Å². The minimum atomic E-state index is -1.87. The zero-order valence-corrected chi connectivity index (χ0v) is 12.8. The first-order valence-electron chi connectivity index (χ1n) is 6.14. The molecule has 0 rings (SSSR count). The second-order valence-electron chi connectivity index (χ2n) is 4.13. The van der Waals surface area contributed by atoms with Crippen LogP contribution in [0, 0.1) is 0 Å².